The fourth-order valence-electron chi connectivity index (χ4n) is 3.30. The Morgan fingerprint density at radius 1 is 0.846 bits per heavy atom. The topological polar surface area (TPSA) is 0 Å². The van der Waals surface area contributed by atoms with Crippen molar-refractivity contribution in [2.45, 2.75) is 97.8 Å². The van der Waals surface area contributed by atoms with Gasteiger partial charge in [-0.25, -0.2) is 0 Å². The second kappa shape index (κ2) is 7.33. The molecule has 1 heterocycles. The van der Waals surface area contributed by atoms with Gasteiger partial charge in [0, 0.05) is 0 Å². The first-order valence-electron chi connectivity index (χ1n) is 10.0. The van der Waals surface area contributed by atoms with Crippen LogP contribution in [0.15, 0.2) is 34.2 Å². The van der Waals surface area contributed by atoms with Crippen molar-refractivity contribution in [3.8, 4) is 0 Å². The first kappa shape index (κ1) is 21.5. The van der Waals surface area contributed by atoms with Crippen LogP contribution in [-0.2, 0) is 16.2 Å². The molecule has 2 rings (SSSR count). The molecule has 0 N–H and O–H groups in total. The number of hydrogen-bond acceptors (Lipinski definition) is 0. The van der Waals surface area contributed by atoms with Gasteiger partial charge >= 0.3 is 167 Å². The van der Waals surface area contributed by atoms with Crippen molar-refractivity contribution in [2.75, 3.05) is 0 Å². The zero-order valence-electron chi connectivity index (χ0n) is 18.5. The van der Waals surface area contributed by atoms with E-state index in [0.717, 1.165) is 6.42 Å². The molecule has 1 aliphatic heterocycles. The molecule has 0 saturated carbocycles. The third kappa shape index (κ3) is 4.93. The Balaban J connectivity index is 2.57. The van der Waals surface area contributed by atoms with Gasteiger partial charge in [0.1, 0.15) is 0 Å². The quantitative estimate of drug-likeness (QED) is 0.285. The second-order valence-electron chi connectivity index (χ2n) is 10.8. The Kier molecular flexibility index (Phi) is 6.06. The fraction of sp³-hybridized carbons (Fsp3) is 0.600. The first-order chi connectivity index (χ1) is 11.8. The zero-order valence-corrected chi connectivity index (χ0v) is 20.3. The molecule has 1 heteroatoms. The Labute approximate surface area is 167 Å². The summed E-state index contributed by atoms with van der Waals surface area (Å²) in [5, 5.41) is 0. The molecule has 1 aromatic carbocycles. The van der Waals surface area contributed by atoms with Crippen LogP contribution in [0, 0.1) is 0 Å². The molecule has 1 aromatic rings. The molecule has 0 radical (unpaired) electrons. The molecule has 0 saturated heterocycles. The second-order valence-corrected chi connectivity index (χ2v) is 14.6. The van der Waals surface area contributed by atoms with Crippen LogP contribution >= 0.6 is 0 Å². The van der Waals surface area contributed by atoms with E-state index >= 15 is 0 Å². The molecule has 1 atom stereocenters. The van der Waals surface area contributed by atoms with Gasteiger partial charge in [-0.1, -0.05) is 0 Å². The predicted octanol–water partition coefficient (Wildman–Crippen LogP) is 6.66. The van der Waals surface area contributed by atoms with Crippen LogP contribution < -0.4 is 4.46 Å². The van der Waals surface area contributed by atoms with E-state index in [4.69, 9.17) is 0 Å². The number of allylic oxidation sites excluding steroid dienone is 2. The first-order valence-corrected chi connectivity index (χ1v) is 12.7. The molecule has 0 amide bonds. The van der Waals surface area contributed by atoms with Crippen LogP contribution in [0.3, 0.4) is 0 Å². The van der Waals surface area contributed by atoms with E-state index in [2.05, 4.69) is 92.1 Å². The summed E-state index contributed by atoms with van der Waals surface area (Å²) in [5.74, 6) is 0. The van der Waals surface area contributed by atoms with Gasteiger partial charge in [-0.05, 0) is 0 Å². The Hall–Kier alpha value is -0.781. The van der Waals surface area contributed by atoms with Crippen molar-refractivity contribution in [3.63, 3.8) is 0 Å². The molecule has 0 aromatic heterocycles. The van der Waals surface area contributed by atoms with E-state index < -0.39 is 13.9 Å². The van der Waals surface area contributed by atoms with Gasteiger partial charge in [0.25, 0.3) is 0 Å². The average Bonchev–Trinajstić information content (AvgIpc) is 3.22. The van der Waals surface area contributed by atoms with Crippen molar-refractivity contribution in [1.29, 1.82) is 0 Å². The van der Waals surface area contributed by atoms with Crippen molar-refractivity contribution >= 4 is 18.4 Å². The van der Waals surface area contributed by atoms with Crippen LogP contribution in [0.2, 0.25) is 0 Å². The van der Waals surface area contributed by atoms with Gasteiger partial charge in [0.15, 0.2) is 0 Å². The van der Waals surface area contributed by atoms with E-state index in [1.807, 2.05) is 0 Å². The summed E-state index contributed by atoms with van der Waals surface area (Å²) >= 11 is -0.873. The van der Waals surface area contributed by atoms with Crippen LogP contribution in [0.4, 0.5) is 0 Å². The average molecular weight is 419 g/mol. The standard InChI is InChI=1S/C25H39Se/c1-11-12-13-14-19-17-26(19)22-20(24(5,6)7)15-18(23(2,3)4)16-21(22)25(8,9)10/h11,15-17H,1,12-14H2,2-10H3/q+1. The molecule has 1 aliphatic rings. The maximum absolute atomic E-state index is 3.87. The molecular formula is C25H39Se+. The molecule has 0 bridgehead atoms. The van der Waals surface area contributed by atoms with E-state index in [1.165, 1.54) is 18.4 Å². The van der Waals surface area contributed by atoms with Gasteiger partial charge in [0.2, 0.25) is 0 Å². The summed E-state index contributed by atoms with van der Waals surface area (Å²) in [6, 6.07) is 5.06. The van der Waals surface area contributed by atoms with Gasteiger partial charge in [-0.2, -0.15) is 0 Å². The zero-order chi connectivity index (χ0) is 19.9. The molecule has 0 nitrogen and oxygen atoms in total. The van der Waals surface area contributed by atoms with Crippen LogP contribution in [0.1, 0.15) is 98.3 Å². The monoisotopic (exact) mass is 419 g/mol. The van der Waals surface area contributed by atoms with E-state index in [0.29, 0.717) is 0 Å². The normalized spacial score (nSPS) is 17.9. The van der Waals surface area contributed by atoms with E-state index in [9.17, 15) is 0 Å². The molecule has 1 unspecified atom stereocenters. The van der Waals surface area contributed by atoms with E-state index in [-0.39, 0.29) is 16.2 Å². The van der Waals surface area contributed by atoms with Gasteiger partial charge in [-0.15, -0.1) is 0 Å². The summed E-state index contributed by atoms with van der Waals surface area (Å²) in [4.78, 5) is 2.62. The van der Waals surface area contributed by atoms with Gasteiger partial charge < -0.3 is 0 Å². The van der Waals surface area contributed by atoms with Crippen molar-refractivity contribution in [3.05, 3.63) is 50.9 Å². The van der Waals surface area contributed by atoms with Crippen molar-refractivity contribution in [2.24, 2.45) is 0 Å². The number of unbranched alkanes of at least 4 members (excludes halogenated alkanes) is 1. The molecule has 26 heavy (non-hydrogen) atoms. The third-order valence-electron chi connectivity index (χ3n) is 5.10. The summed E-state index contributed by atoms with van der Waals surface area (Å²) in [7, 11) is 0. The number of hydrogen-bond donors (Lipinski definition) is 0. The molecule has 0 fully saturated rings. The van der Waals surface area contributed by atoms with Crippen molar-refractivity contribution in [1.82, 2.24) is 0 Å². The Bertz CT molecular complexity index is 664. The molecule has 144 valence electrons. The molecular weight excluding hydrogens is 379 g/mol. The third-order valence-corrected chi connectivity index (χ3v) is 9.36. The maximum atomic E-state index is 3.87. The number of rotatable bonds is 5. The Morgan fingerprint density at radius 2 is 1.35 bits per heavy atom. The molecule has 0 spiro atoms. The molecule has 0 aliphatic carbocycles. The minimum absolute atomic E-state index is 0.183. The van der Waals surface area contributed by atoms with E-state index in [1.54, 1.807) is 20.1 Å². The van der Waals surface area contributed by atoms with Crippen LogP contribution in [0.5, 0.6) is 0 Å². The minimum atomic E-state index is -0.873. The predicted molar refractivity (Wildman–Crippen MR) is 120 cm³/mol. The summed E-state index contributed by atoms with van der Waals surface area (Å²) in [5.41, 5.74) is 5.22. The number of benzene rings is 1. The SMILES string of the molecule is C=CCCCC1=C[Se+]1c1c(C(C)(C)C)cc(C(C)(C)C)cc1C(C)(C)C. The van der Waals surface area contributed by atoms with Gasteiger partial charge in [0.05, 0.1) is 0 Å². The summed E-state index contributed by atoms with van der Waals surface area (Å²) in [6.07, 6.45) is 5.71. The van der Waals surface area contributed by atoms with Crippen molar-refractivity contribution < 1.29 is 0 Å². The summed E-state index contributed by atoms with van der Waals surface area (Å²) in [6.45, 7) is 25.2. The van der Waals surface area contributed by atoms with Crippen LogP contribution in [0.25, 0.3) is 0 Å². The Morgan fingerprint density at radius 3 is 1.73 bits per heavy atom. The van der Waals surface area contributed by atoms with Crippen LogP contribution in [-0.4, -0.2) is 13.9 Å². The van der Waals surface area contributed by atoms with Gasteiger partial charge in [-0.3, -0.25) is 0 Å². The fourth-order valence-corrected chi connectivity index (χ4v) is 8.61. The summed E-state index contributed by atoms with van der Waals surface area (Å²) < 4.78 is 3.47.